The van der Waals surface area contributed by atoms with Gasteiger partial charge in [0.1, 0.15) is 5.76 Å². The van der Waals surface area contributed by atoms with Gasteiger partial charge in [0.05, 0.1) is 12.9 Å². The van der Waals surface area contributed by atoms with Crippen LogP contribution < -0.4 is 10.2 Å². The molecule has 3 heteroatoms. The smallest absolute Gasteiger partial charge is 0.226 e. The molecular weight excluding hydrogens is 192 g/mol. The van der Waals surface area contributed by atoms with Gasteiger partial charge in [-0.2, -0.15) is 0 Å². The minimum absolute atomic E-state index is 0.103. The SMILES string of the molecule is CCCCCCOc1c(C)occc1=O. The Morgan fingerprint density at radius 2 is 2.13 bits per heavy atom. The van der Waals surface area contributed by atoms with Crippen molar-refractivity contribution in [1.29, 1.82) is 0 Å². The van der Waals surface area contributed by atoms with E-state index in [9.17, 15) is 4.79 Å². The van der Waals surface area contributed by atoms with Gasteiger partial charge in [0.15, 0.2) is 0 Å². The Morgan fingerprint density at radius 1 is 1.33 bits per heavy atom. The van der Waals surface area contributed by atoms with Crippen molar-refractivity contribution in [2.45, 2.75) is 39.5 Å². The van der Waals surface area contributed by atoms with Crippen LogP contribution in [0.15, 0.2) is 21.5 Å². The maximum atomic E-state index is 11.4. The Labute approximate surface area is 90.1 Å². The van der Waals surface area contributed by atoms with Crippen LogP contribution in [-0.2, 0) is 0 Å². The van der Waals surface area contributed by atoms with Crippen LogP contribution in [0.3, 0.4) is 0 Å². The molecule has 0 N–H and O–H groups in total. The number of hydrogen-bond donors (Lipinski definition) is 0. The highest BCUT2D eigenvalue weighted by atomic mass is 16.5. The maximum Gasteiger partial charge on any atom is 0.226 e. The number of aryl methyl sites for hydroxylation is 1. The first-order chi connectivity index (χ1) is 7.25. The van der Waals surface area contributed by atoms with Crippen molar-refractivity contribution in [2.24, 2.45) is 0 Å². The van der Waals surface area contributed by atoms with Gasteiger partial charge in [-0.05, 0) is 13.3 Å². The highest BCUT2D eigenvalue weighted by Crippen LogP contribution is 2.11. The predicted molar refractivity (Wildman–Crippen MR) is 59.4 cm³/mol. The molecule has 0 aliphatic heterocycles. The molecule has 0 unspecified atom stereocenters. The molecule has 1 rings (SSSR count). The normalized spacial score (nSPS) is 10.3. The summed E-state index contributed by atoms with van der Waals surface area (Å²) in [5.41, 5.74) is -0.103. The number of rotatable bonds is 6. The van der Waals surface area contributed by atoms with Crippen LogP contribution in [-0.4, -0.2) is 6.61 Å². The molecule has 84 valence electrons. The van der Waals surface area contributed by atoms with E-state index < -0.39 is 0 Å². The first-order valence-electron chi connectivity index (χ1n) is 5.47. The van der Waals surface area contributed by atoms with Gasteiger partial charge in [-0.25, -0.2) is 0 Å². The molecule has 0 aliphatic carbocycles. The van der Waals surface area contributed by atoms with Crippen LogP contribution in [0, 0.1) is 6.92 Å². The first-order valence-corrected chi connectivity index (χ1v) is 5.47. The molecule has 0 saturated heterocycles. The second-order valence-electron chi connectivity index (χ2n) is 3.58. The topological polar surface area (TPSA) is 39.4 Å². The summed E-state index contributed by atoms with van der Waals surface area (Å²) >= 11 is 0. The zero-order valence-electron chi connectivity index (χ0n) is 9.41. The Hall–Kier alpha value is -1.25. The summed E-state index contributed by atoms with van der Waals surface area (Å²) in [5.74, 6) is 0.909. The Kier molecular flexibility index (Phi) is 4.95. The van der Waals surface area contributed by atoms with E-state index in [1.165, 1.54) is 25.2 Å². The van der Waals surface area contributed by atoms with Gasteiger partial charge < -0.3 is 9.15 Å². The summed E-state index contributed by atoms with van der Waals surface area (Å²) < 4.78 is 10.5. The van der Waals surface area contributed by atoms with Crippen LogP contribution in [0.2, 0.25) is 0 Å². The zero-order chi connectivity index (χ0) is 11.1. The van der Waals surface area contributed by atoms with Crippen molar-refractivity contribution in [1.82, 2.24) is 0 Å². The number of unbranched alkanes of at least 4 members (excludes halogenated alkanes) is 3. The lowest BCUT2D eigenvalue weighted by Gasteiger charge is -2.06. The monoisotopic (exact) mass is 210 g/mol. The minimum Gasteiger partial charge on any atom is -0.487 e. The fourth-order valence-electron chi connectivity index (χ4n) is 1.38. The van der Waals surface area contributed by atoms with E-state index in [-0.39, 0.29) is 5.43 Å². The summed E-state index contributed by atoms with van der Waals surface area (Å²) in [4.78, 5) is 11.4. The van der Waals surface area contributed by atoms with Gasteiger partial charge in [-0.3, -0.25) is 4.79 Å². The van der Waals surface area contributed by atoms with Crippen LogP contribution in [0.1, 0.15) is 38.4 Å². The van der Waals surface area contributed by atoms with Crippen LogP contribution >= 0.6 is 0 Å². The van der Waals surface area contributed by atoms with E-state index in [4.69, 9.17) is 9.15 Å². The van der Waals surface area contributed by atoms with E-state index >= 15 is 0 Å². The zero-order valence-corrected chi connectivity index (χ0v) is 9.41. The average Bonchev–Trinajstić information content (AvgIpc) is 2.21. The van der Waals surface area contributed by atoms with E-state index in [1.54, 1.807) is 6.92 Å². The lowest BCUT2D eigenvalue weighted by molar-refractivity contribution is 0.287. The van der Waals surface area contributed by atoms with Crippen LogP contribution in [0.4, 0.5) is 0 Å². The van der Waals surface area contributed by atoms with Gasteiger partial charge in [0, 0.05) is 6.07 Å². The number of ether oxygens (including phenoxy) is 1. The lowest BCUT2D eigenvalue weighted by Crippen LogP contribution is -2.09. The second-order valence-corrected chi connectivity index (χ2v) is 3.58. The summed E-state index contributed by atoms with van der Waals surface area (Å²) in [6, 6.07) is 1.38. The molecule has 1 aromatic rings. The standard InChI is InChI=1S/C12H18O3/c1-3-4-5-6-8-15-12-10(2)14-9-7-11(12)13/h7,9H,3-6,8H2,1-2H3. The molecule has 0 saturated carbocycles. The van der Waals surface area contributed by atoms with Gasteiger partial charge >= 0.3 is 0 Å². The lowest BCUT2D eigenvalue weighted by atomic mass is 10.2. The third-order valence-electron chi connectivity index (χ3n) is 2.25. The highest BCUT2D eigenvalue weighted by Gasteiger charge is 2.05. The molecule has 0 aromatic carbocycles. The Bertz CT molecular complexity index is 341. The summed E-state index contributed by atoms with van der Waals surface area (Å²) in [6.45, 7) is 4.50. The van der Waals surface area contributed by atoms with Gasteiger partial charge in [-0.1, -0.05) is 26.2 Å². The fraction of sp³-hybridized carbons (Fsp3) is 0.583. The van der Waals surface area contributed by atoms with Crippen molar-refractivity contribution in [2.75, 3.05) is 6.61 Å². The minimum atomic E-state index is -0.103. The van der Waals surface area contributed by atoms with E-state index in [2.05, 4.69) is 6.92 Å². The molecule has 0 atom stereocenters. The third kappa shape index (κ3) is 3.78. The summed E-state index contributed by atoms with van der Waals surface area (Å²) in [6.07, 6.45) is 5.94. The maximum absolute atomic E-state index is 11.4. The molecule has 0 amide bonds. The molecule has 0 fully saturated rings. The summed E-state index contributed by atoms with van der Waals surface area (Å²) in [7, 11) is 0. The molecule has 0 bridgehead atoms. The molecule has 1 aromatic heterocycles. The number of hydrogen-bond acceptors (Lipinski definition) is 3. The Morgan fingerprint density at radius 3 is 2.80 bits per heavy atom. The van der Waals surface area contributed by atoms with Crippen molar-refractivity contribution < 1.29 is 9.15 Å². The van der Waals surface area contributed by atoms with Crippen molar-refractivity contribution >= 4 is 0 Å². The van der Waals surface area contributed by atoms with Crippen LogP contribution in [0.25, 0.3) is 0 Å². The van der Waals surface area contributed by atoms with Crippen molar-refractivity contribution in [3.63, 3.8) is 0 Å². The molecule has 3 nitrogen and oxygen atoms in total. The fourth-order valence-corrected chi connectivity index (χ4v) is 1.38. The average molecular weight is 210 g/mol. The van der Waals surface area contributed by atoms with Crippen molar-refractivity contribution in [3.8, 4) is 5.75 Å². The predicted octanol–water partition coefficient (Wildman–Crippen LogP) is 2.91. The van der Waals surface area contributed by atoms with Gasteiger partial charge in [0.2, 0.25) is 11.2 Å². The largest absolute Gasteiger partial charge is 0.487 e. The first kappa shape index (κ1) is 11.8. The Balaban J connectivity index is 2.40. The van der Waals surface area contributed by atoms with E-state index in [0.717, 1.165) is 12.8 Å². The molecule has 0 radical (unpaired) electrons. The van der Waals surface area contributed by atoms with Gasteiger partial charge in [-0.15, -0.1) is 0 Å². The quantitative estimate of drug-likeness (QED) is 0.678. The summed E-state index contributed by atoms with van der Waals surface area (Å²) in [5, 5.41) is 0. The van der Waals surface area contributed by atoms with Gasteiger partial charge in [0.25, 0.3) is 0 Å². The molecule has 1 heterocycles. The molecular formula is C12H18O3. The highest BCUT2D eigenvalue weighted by molar-refractivity contribution is 5.22. The van der Waals surface area contributed by atoms with E-state index in [1.807, 2.05) is 0 Å². The van der Waals surface area contributed by atoms with Crippen molar-refractivity contribution in [3.05, 3.63) is 28.3 Å². The molecule has 0 spiro atoms. The molecule has 0 aliphatic rings. The van der Waals surface area contributed by atoms with Crippen LogP contribution in [0.5, 0.6) is 5.75 Å². The van der Waals surface area contributed by atoms with E-state index in [0.29, 0.717) is 18.1 Å². The second kappa shape index (κ2) is 6.27. The third-order valence-corrected chi connectivity index (χ3v) is 2.25. The molecule has 15 heavy (non-hydrogen) atoms.